The molecule has 0 fully saturated rings. The van der Waals surface area contributed by atoms with Crippen LogP contribution in [0.4, 0.5) is 0 Å². The molecule has 0 saturated carbocycles. The number of aromatic nitrogens is 4. The van der Waals surface area contributed by atoms with Gasteiger partial charge in [-0.25, -0.2) is 13.1 Å². The van der Waals surface area contributed by atoms with Crippen LogP contribution in [-0.4, -0.2) is 28.6 Å². The molecule has 0 aliphatic heterocycles. The Morgan fingerprint density at radius 2 is 1.95 bits per heavy atom. The van der Waals surface area contributed by atoms with Crippen molar-refractivity contribution in [3.05, 3.63) is 40.7 Å². The molecule has 21 heavy (non-hydrogen) atoms. The van der Waals surface area contributed by atoms with E-state index in [0.717, 1.165) is 23.1 Å². The van der Waals surface area contributed by atoms with E-state index in [4.69, 9.17) is 0 Å². The molecular weight excluding hydrogens is 288 g/mol. The Morgan fingerprint density at radius 3 is 2.67 bits per heavy atom. The smallest absolute Gasteiger partial charge is 0.166 e. The summed E-state index contributed by atoms with van der Waals surface area (Å²) in [7, 11) is -3.30. The summed E-state index contributed by atoms with van der Waals surface area (Å²) in [6, 6.07) is 5.84. The molecule has 0 atom stereocenters. The third-order valence-corrected chi connectivity index (χ3v) is 4.72. The van der Waals surface area contributed by atoms with Gasteiger partial charge in [-0.3, -0.25) is 0 Å². The van der Waals surface area contributed by atoms with E-state index in [9.17, 15) is 8.42 Å². The van der Waals surface area contributed by atoms with Gasteiger partial charge in [0.25, 0.3) is 0 Å². The lowest BCUT2D eigenvalue weighted by Crippen LogP contribution is -2.14. The number of rotatable bonds is 6. The lowest BCUT2D eigenvalue weighted by Gasteiger charge is -2.08. The third-order valence-electron chi connectivity index (χ3n) is 3.27. The van der Waals surface area contributed by atoms with Crippen molar-refractivity contribution >= 4 is 9.84 Å². The molecule has 0 aliphatic rings. The first-order chi connectivity index (χ1) is 9.91. The van der Waals surface area contributed by atoms with Gasteiger partial charge in [0.1, 0.15) is 5.75 Å². The minimum Gasteiger partial charge on any atom is -0.229 e. The van der Waals surface area contributed by atoms with Crippen molar-refractivity contribution in [3.63, 3.8) is 0 Å². The summed E-state index contributed by atoms with van der Waals surface area (Å²) < 4.78 is 26.3. The molecule has 1 aromatic heterocycles. The van der Waals surface area contributed by atoms with Crippen LogP contribution in [-0.2, 0) is 27.9 Å². The molecule has 0 saturated heterocycles. The van der Waals surface area contributed by atoms with Crippen LogP contribution in [0.2, 0.25) is 0 Å². The van der Waals surface area contributed by atoms with Gasteiger partial charge in [0.2, 0.25) is 0 Å². The number of aryl methyl sites for hydroxylation is 3. The zero-order valence-electron chi connectivity index (χ0n) is 12.6. The van der Waals surface area contributed by atoms with Gasteiger partial charge in [0, 0.05) is 6.54 Å². The topological polar surface area (TPSA) is 77.7 Å². The highest BCUT2D eigenvalue weighted by atomic mass is 32.2. The van der Waals surface area contributed by atoms with Crippen LogP contribution in [0.25, 0.3) is 0 Å². The predicted molar refractivity (Wildman–Crippen MR) is 80.4 cm³/mol. The molecule has 7 heteroatoms. The molecule has 1 aromatic carbocycles. The lowest BCUT2D eigenvalue weighted by atomic mass is 10.1. The summed E-state index contributed by atoms with van der Waals surface area (Å²) in [5.74, 6) is 0.287. The molecule has 0 bridgehead atoms. The molecule has 0 radical (unpaired) electrons. The summed E-state index contributed by atoms with van der Waals surface area (Å²) >= 11 is 0. The number of hydrogen-bond donors (Lipinski definition) is 0. The molecule has 114 valence electrons. The van der Waals surface area contributed by atoms with Crippen molar-refractivity contribution in [2.45, 2.75) is 45.2 Å². The molecule has 0 N–H and O–H groups in total. The average molecular weight is 308 g/mol. The Balaban J connectivity index is 2.19. The second kappa shape index (κ2) is 6.34. The number of sulfone groups is 1. The summed E-state index contributed by atoms with van der Waals surface area (Å²) in [5.41, 5.74) is 2.88. The Morgan fingerprint density at radius 1 is 1.19 bits per heavy atom. The van der Waals surface area contributed by atoms with E-state index in [2.05, 4.69) is 15.5 Å². The first-order valence-corrected chi connectivity index (χ1v) is 8.75. The first kappa shape index (κ1) is 15.6. The van der Waals surface area contributed by atoms with Crippen molar-refractivity contribution in [1.29, 1.82) is 0 Å². The van der Waals surface area contributed by atoms with Crippen LogP contribution >= 0.6 is 0 Å². The highest BCUT2D eigenvalue weighted by Crippen LogP contribution is 2.16. The maximum absolute atomic E-state index is 12.4. The molecule has 0 aliphatic carbocycles. The Kier molecular flexibility index (Phi) is 4.72. The largest absolute Gasteiger partial charge is 0.229 e. The fraction of sp³-hybridized carbons (Fsp3) is 0.500. The normalized spacial score (nSPS) is 11.8. The highest BCUT2D eigenvalue weighted by molar-refractivity contribution is 7.89. The summed E-state index contributed by atoms with van der Waals surface area (Å²) in [5, 5.41) is 11.2. The quantitative estimate of drug-likeness (QED) is 0.813. The van der Waals surface area contributed by atoms with Gasteiger partial charge in [-0.05, 0) is 41.8 Å². The Hall–Kier alpha value is -1.76. The minimum atomic E-state index is -3.30. The van der Waals surface area contributed by atoms with Gasteiger partial charge in [-0.15, -0.1) is 5.10 Å². The lowest BCUT2D eigenvalue weighted by molar-refractivity contribution is 0.555. The number of benzene rings is 1. The molecule has 2 aromatic rings. The van der Waals surface area contributed by atoms with Crippen molar-refractivity contribution in [1.82, 2.24) is 20.2 Å². The van der Waals surface area contributed by atoms with Gasteiger partial charge in [0.15, 0.2) is 15.7 Å². The highest BCUT2D eigenvalue weighted by Gasteiger charge is 2.19. The molecule has 0 unspecified atom stereocenters. The van der Waals surface area contributed by atoms with Gasteiger partial charge in [0.05, 0.1) is 5.75 Å². The SMILES string of the molecule is CCCn1nnnc1CS(=O)(=O)Cc1cc(C)ccc1C. The van der Waals surface area contributed by atoms with E-state index in [0.29, 0.717) is 12.4 Å². The maximum atomic E-state index is 12.4. The summed E-state index contributed by atoms with van der Waals surface area (Å²) in [6.07, 6.45) is 0.856. The Bertz CT molecular complexity index is 722. The van der Waals surface area contributed by atoms with E-state index in [1.165, 1.54) is 0 Å². The second-order valence-corrected chi connectivity index (χ2v) is 7.34. The third kappa shape index (κ3) is 4.10. The first-order valence-electron chi connectivity index (χ1n) is 6.93. The summed E-state index contributed by atoms with van der Waals surface area (Å²) in [4.78, 5) is 0. The summed E-state index contributed by atoms with van der Waals surface area (Å²) in [6.45, 7) is 6.50. The Labute approximate surface area is 125 Å². The monoisotopic (exact) mass is 308 g/mol. The fourth-order valence-electron chi connectivity index (χ4n) is 2.15. The predicted octanol–water partition coefficient (Wildman–Crippen LogP) is 1.81. The van der Waals surface area contributed by atoms with E-state index in [-0.39, 0.29) is 11.5 Å². The second-order valence-electron chi connectivity index (χ2n) is 5.28. The minimum absolute atomic E-state index is 0.0134. The van der Waals surface area contributed by atoms with Crippen molar-refractivity contribution in [2.75, 3.05) is 0 Å². The molecule has 1 heterocycles. The zero-order chi connectivity index (χ0) is 15.5. The standard InChI is InChI=1S/C14H20N4O2S/c1-4-7-18-14(15-16-17-18)10-21(19,20)9-13-8-11(2)5-6-12(13)3/h5-6,8H,4,7,9-10H2,1-3H3. The number of hydrogen-bond acceptors (Lipinski definition) is 5. The van der Waals surface area contributed by atoms with E-state index >= 15 is 0 Å². The van der Waals surface area contributed by atoms with E-state index in [1.807, 2.05) is 39.0 Å². The van der Waals surface area contributed by atoms with Crippen molar-refractivity contribution < 1.29 is 8.42 Å². The van der Waals surface area contributed by atoms with Crippen LogP contribution in [0.5, 0.6) is 0 Å². The van der Waals surface area contributed by atoms with Gasteiger partial charge in [-0.1, -0.05) is 30.7 Å². The number of nitrogens with zero attached hydrogens (tertiary/aromatic N) is 4. The average Bonchev–Trinajstić information content (AvgIpc) is 2.81. The van der Waals surface area contributed by atoms with Crippen LogP contribution < -0.4 is 0 Å². The van der Waals surface area contributed by atoms with Crippen LogP contribution in [0, 0.1) is 13.8 Å². The molecular formula is C14H20N4O2S. The van der Waals surface area contributed by atoms with E-state index in [1.54, 1.807) is 4.68 Å². The molecule has 0 amide bonds. The fourth-order valence-corrected chi connectivity index (χ4v) is 3.64. The van der Waals surface area contributed by atoms with Gasteiger partial charge >= 0.3 is 0 Å². The van der Waals surface area contributed by atoms with Crippen LogP contribution in [0.3, 0.4) is 0 Å². The van der Waals surface area contributed by atoms with Crippen LogP contribution in [0.15, 0.2) is 18.2 Å². The maximum Gasteiger partial charge on any atom is 0.166 e. The number of tetrazole rings is 1. The zero-order valence-corrected chi connectivity index (χ0v) is 13.4. The molecule has 6 nitrogen and oxygen atoms in total. The molecule has 2 rings (SSSR count). The van der Waals surface area contributed by atoms with Gasteiger partial charge in [-0.2, -0.15) is 0 Å². The van der Waals surface area contributed by atoms with Gasteiger partial charge < -0.3 is 0 Å². The van der Waals surface area contributed by atoms with Crippen molar-refractivity contribution in [2.24, 2.45) is 0 Å². The van der Waals surface area contributed by atoms with E-state index < -0.39 is 9.84 Å². The molecule has 0 spiro atoms. The van der Waals surface area contributed by atoms with Crippen molar-refractivity contribution in [3.8, 4) is 0 Å². The van der Waals surface area contributed by atoms with Crippen LogP contribution in [0.1, 0.15) is 35.9 Å².